The van der Waals surface area contributed by atoms with Crippen LogP contribution >= 0.6 is 7.82 Å². The minimum Gasteiger partial charge on any atom is -0.279 e. The van der Waals surface area contributed by atoms with Crippen molar-refractivity contribution in [3.05, 3.63) is 24.8 Å². The Bertz CT molecular complexity index is 347. The summed E-state index contributed by atoms with van der Waals surface area (Å²) in [5.74, 6) is 0. The lowest BCUT2D eigenvalue weighted by molar-refractivity contribution is 0.00417. The number of hydrogen-bond acceptors (Lipinski definition) is 4. The van der Waals surface area contributed by atoms with Crippen LogP contribution in [0.25, 0.3) is 0 Å². The maximum Gasteiger partial charge on any atom is 0.476 e. The largest absolute Gasteiger partial charge is 0.476 e. The van der Waals surface area contributed by atoms with Crippen LogP contribution in [0.1, 0.15) is 20.3 Å². The second-order valence-electron chi connectivity index (χ2n) is 4.26. The Morgan fingerprint density at radius 1 is 1.53 bits per heavy atom. The fourth-order valence-corrected chi connectivity index (χ4v) is 3.39. The molecule has 84 valence electrons. The van der Waals surface area contributed by atoms with Crippen molar-refractivity contribution in [3.8, 4) is 0 Å². The van der Waals surface area contributed by atoms with E-state index in [9.17, 15) is 4.57 Å². The molecule has 0 N–H and O–H groups in total. The first-order valence-electron chi connectivity index (χ1n) is 4.92. The van der Waals surface area contributed by atoms with E-state index in [2.05, 4.69) is 6.58 Å². The van der Waals surface area contributed by atoms with Crippen LogP contribution in [0.15, 0.2) is 24.8 Å². The van der Waals surface area contributed by atoms with Gasteiger partial charge in [0.05, 0.1) is 17.8 Å². The molecule has 0 aromatic rings. The molecule has 0 aromatic carbocycles. The van der Waals surface area contributed by atoms with Gasteiger partial charge in [-0.15, -0.1) is 6.58 Å². The number of phosphoric acid groups is 1. The second-order valence-corrected chi connectivity index (χ2v) is 5.76. The van der Waals surface area contributed by atoms with Crippen LogP contribution in [0.4, 0.5) is 0 Å². The van der Waals surface area contributed by atoms with E-state index in [1.165, 1.54) is 0 Å². The van der Waals surface area contributed by atoms with Crippen LogP contribution in [0.3, 0.4) is 0 Å². The Kier molecular flexibility index (Phi) is 2.63. The van der Waals surface area contributed by atoms with Crippen molar-refractivity contribution in [3.63, 3.8) is 0 Å². The highest BCUT2D eigenvalue weighted by molar-refractivity contribution is 7.48. The average molecular weight is 230 g/mol. The third-order valence-electron chi connectivity index (χ3n) is 2.32. The third-order valence-corrected chi connectivity index (χ3v) is 4.07. The van der Waals surface area contributed by atoms with Crippen molar-refractivity contribution < 1.29 is 18.1 Å². The molecule has 0 aliphatic carbocycles. The first kappa shape index (κ1) is 11.1. The van der Waals surface area contributed by atoms with E-state index in [0.29, 0.717) is 6.42 Å². The average Bonchev–Trinajstić information content (AvgIpc) is 2.19. The quantitative estimate of drug-likeness (QED) is 0.513. The van der Waals surface area contributed by atoms with Gasteiger partial charge >= 0.3 is 7.82 Å². The first-order valence-corrected chi connectivity index (χ1v) is 6.38. The summed E-state index contributed by atoms with van der Waals surface area (Å²) in [6.07, 6.45) is 5.49. The highest BCUT2D eigenvalue weighted by atomic mass is 31.2. The van der Waals surface area contributed by atoms with Gasteiger partial charge in [0.2, 0.25) is 0 Å². The molecule has 3 atom stereocenters. The predicted octanol–water partition coefficient (Wildman–Crippen LogP) is 2.82. The number of hydrogen-bond donors (Lipinski definition) is 0. The van der Waals surface area contributed by atoms with E-state index in [4.69, 9.17) is 13.6 Å². The van der Waals surface area contributed by atoms with Crippen LogP contribution in [0.2, 0.25) is 0 Å². The van der Waals surface area contributed by atoms with E-state index in [1.807, 2.05) is 26.0 Å². The lowest BCUT2D eigenvalue weighted by Gasteiger charge is -2.32. The van der Waals surface area contributed by atoms with E-state index in [1.54, 1.807) is 6.08 Å². The summed E-state index contributed by atoms with van der Waals surface area (Å²) in [4.78, 5) is 0. The number of phosphoric ester groups is 1. The van der Waals surface area contributed by atoms with Gasteiger partial charge < -0.3 is 0 Å². The topological polar surface area (TPSA) is 44.8 Å². The minimum atomic E-state index is -3.44. The van der Waals surface area contributed by atoms with Crippen LogP contribution in [-0.4, -0.2) is 17.8 Å². The van der Waals surface area contributed by atoms with Crippen molar-refractivity contribution >= 4 is 7.82 Å². The normalized spacial score (nSPS) is 43.3. The van der Waals surface area contributed by atoms with Gasteiger partial charge in [-0.2, -0.15) is 0 Å². The standard InChI is InChI=1S/C10H15O4P/c1-4-8-7-9-5-6-10(2,3)14-15(11,12-8)13-9/h4-6,8-9H,1,7H2,2-3H3/t8-,9-,15?/m0/s1. The SMILES string of the molecule is C=C[C@H]1C[C@@H]2C=CC(C)(C)OP(=O)(O1)O2. The van der Waals surface area contributed by atoms with Crippen molar-refractivity contribution in [2.75, 3.05) is 0 Å². The molecule has 0 saturated carbocycles. The molecule has 0 amide bonds. The van der Waals surface area contributed by atoms with Crippen LogP contribution in [0, 0.1) is 0 Å². The van der Waals surface area contributed by atoms with E-state index >= 15 is 0 Å². The first-order chi connectivity index (χ1) is 6.92. The molecule has 4 nitrogen and oxygen atoms in total. The fraction of sp³-hybridized carbons (Fsp3) is 0.600. The van der Waals surface area contributed by atoms with Gasteiger partial charge in [0.25, 0.3) is 0 Å². The molecule has 2 aliphatic rings. The second kappa shape index (κ2) is 3.56. The summed E-state index contributed by atoms with van der Waals surface area (Å²) in [6, 6.07) is 0. The zero-order valence-corrected chi connectivity index (χ0v) is 9.78. The molecule has 1 saturated heterocycles. The molecule has 2 aliphatic heterocycles. The van der Waals surface area contributed by atoms with Crippen LogP contribution in [-0.2, 0) is 18.1 Å². The predicted molar refractivity (Wildman–Crippen MR) is 56.5 cm³/mol. The molecular formula is C10H15O4P. The zero-order chi connectivity index (χ0) is 11.1. The fourth-order valence-electron chi connectivity index (χ4n) is 1.63. The molecule has 1 fully saturated rings. The molecule has 0 radical (unpaired) electrons. The number of fused-ring (bicyclic) bond motifs is 2. The maximum absolute atomic E-state index is 12.1. The molecule has 5 heteroatoms. The highest BCUT2D eigenvalue weighted by Crippen LogP contribution is 2.59. The monoisotopic (exact) mass is 230 g/mol. The van der Waals surface area contributed by atoms with Crippen molar-refractivity contribution in [2.24, 2.45) is 0 Å². The van der Waals surface area contributed by atoms with Gasteiger partial charge in [0, 0.05) is 6.42 Å². The van der Waals surface area contributed by atoms with Crippen molar-refractivity contribution in [2.45, 2.75) is 38.1 Å². The Balaban J connectivity index is 2.30. The van der Waals surface area contributed by atoms with Crippen molar-refractivity contribution in [1.29, 1.82) is 0 Å². The van der Waals surface area contributed by atoms with Gasteiger partial charge in [0.1, 0.15) is 0 Å². The molecule has 0 aromatic heterocycles. The third kappa shape index (κ3) is 2.40. The summed E-state index contributed by atoms with van der Waals surface area (Å²) in [5.41, 5.74) is -0.625. The van der Waals surface area contributed by atoms with Gasteiger partial charge in [-0.3, -0.25) is 13.6 Å². The molecule has 1 unspecified atom stereocenters. The summed E-state index contributed by atoms with van der Waals surface area (Å²) in [6.45, 7) is 7.27. The van der Waals surface area contributed by atoms with Crippen molar-refractivity contribution in [1.82, 2.24) is 0 Å². The van der Waals surface area contributed by atoms with E-state index in [0.717, 1.165) is 0 Å². The lowest BCUT2D eigenvalue weighted by Crippen LogP contribution is -2.26. The van der Waals surface area contributed by atoms with Gasteiger partial charge in [-0.05, 0) is 13.8 Å². The van der Waals surface area contributed by atoms with Gasteiger partial charge in [-0.1, -0.05) is 18.2 Å². The molecule has 0 spiro atoms. The molecule has 2 bridgehead atoms. The van der Waals surface area contributed by atoms with Crippen LogP contribution in [0.5, 0.6) is 0 Å². The summed E-state index contributed by atoms with van der Waals surface area (Å²) < 4.78 is 28.0. The van der Waals surface area contributed by atoms with Crippen LogP contribution < -0.4 is 0 Å². The zero-order valence-electron chi connectivity index (χ0n) is 8.88. The molecule has 2 heterocycles. The molecule has 15 heavy (non-hydrogen) atoms. The summed E-state index contributed by atoms with van der Waals surface area (Å²) >= 11 is 0. The smallest absolute Gasteiger partial charge is 0.279 e. The molecular weight excluding hydrogens is 215 g/mol. The van der Waals surface area contributed by atoms with E-state index in [-0.39, 0.29) is 12.2 Å². The van der Waals surface area contributed by atoms with Gasteiger partial charge in [-0.25, -0.2) is 4.57 Å². The Morgan fingerprint density at radius 2 is 2.27 bits per heavy atom. The summed E-state index contributed by atoms with van der Waals surface area (Å²) in [7, 11) is -3.44. The maximum atomic E-state index is 12.1. The molecule has 2 rings (SSSR count). The number of rotatable bonds is 1. The Morgan fingerprint density at radius 3 is 2.93 bits per heavy atom. The lowest BCUT2D eigenvalue weighted by atomic mass is 10.1. The van der Waals surface area contributed by atoms with Gasteiger partial charge in [0.15, 0.2) is 0 Å². The minimum absolute atomic E-state index is 0.214. The highest BCUT2D eigenvalue weighted by Gasteiger charge is 2.44. The Labute approximate surface area is 89.5 Å². The summed E-state index contributed by atoms with van der Waals surface area (Å²) in [5, 5.41) is 0. The van der Waals surface area contributed by atoms with E-state index < -0.39 is 13.4 Å². The Hall–Kier alpha value is -0.410.